The van der Waals surface area contributed by atoms with E-state index in [0.29, 0.717) is 31.7 Å². The summed E-state index contributed by atoms with van der Waals surface area (Å²) in [6.45, 7) is 5.85. The number of amides is 2. The molecule has 1 atom stereocenters. The highest BCUT2D eigenvalue weighted by Gasteiger charge is 2.16. The summed E-state index contributed by atoms with van der Waals surface area (Å²) < 4.78 is 5.94. The minimum atomic E-state index is -0.166. The number of rotatable bonds is 9. The summed E-state index contributed by atoms with van der Waals surface area (Å²) in [4.78, 5) is 14.3. The molecule has 0 fully saturated rings. The summed E-state index contributed by atoms with van der Waals surface area (Å²) in [5, 5.41) is 5.88. The van der Waals surface area contributed by atoms with E-state index in [1.807, 2.05) is 68.7 Å². The maximum absolute atomic E-state index is 12.2. The summed E-state index contributed by atoms with van der Waals surface area (Å²) in [5.74, 6) is 1.25. The maximum atomic E-state index is 12.2. The van der Waals surface area contributed by atoms with Crippen LogP contribution in [0.2, 0.25) is 0 Å². The van der Waals surface area contributed by atoms with Crippen LogP contribution in [0.1, 0.15) is 25.0 Å². The fourth-order valence-corrected chi connectivity index (χ4v) is 2.98. The van der Waals surface area contributed by atoms with E-state index in [1.165, 1.54) is 0 Å². The molecule has 0 aliphatic carbocycles. The summed E-state index contributed by atoms with van der Waals surface area (Å²) >= 11 is 0. The molecule has 0 aromatic heterocycles. The summed E-state index contributed by atoms with van der Waals surface area (Å²) in [6.07, 6.45) is 0. The number of ether oxygens (including phenoxy) is 1. The Balaban J connectivity index is 1.85. The third kappa shape index (κ3) is 6.94. The van der Waals surface area contributed by atoms with Gasteiger partial charge in [0, 0.05) is 24.7 Å². The Bertz CT molecular complexity index is 694. The zero-order valence-electron chi connectivity index (χ0n) is 16.7. The van der Waals surface area contributed by atoms with Gasteiger partial charge in [-0.05, 0) is 31.6 Å². The lowest BCUT2D eigenvalue weighted by atomic mass is 10.0. The number of benzene rings is 2. The molecule has 0 unspecified atom stereocenters. The van der Waals surface area contributed by atoms with Crippen LogP contribution < -0.4 is 15.4 Å². The molecule has 2 amide bonds. The van der Waals surface area contributed by atoms with E-state index in [4.69, 9.17) is 4.74 Å². The lowest BCUT2D eigenvalue weighted by molar-refractivity contribution is 0.212. The summed E-state index contributed by atoms with van der Waals surface area (Å²) in [5.41, 5.74) is 2.07. The fraction of sp³-hybridized carbons (Fsp3) is 0.409. The van der Waals surface area contributed by atoms with Gasteiger partial charge < -0.3 is 20.3 Å². The number of nitrogens with one attached hydrogen (secondary N) is 2. The number of likely N-dealkylation sites (N-methyl/N-ethyl adjacent to an activating group) is 1. The van der Waals surface area contributed by atoms with Gasteiger partial charge >= 0.3 is 6.03 Å². The molecule has 0 heterocycles. The van der Waals surface area contributed by atoms with Crippen molar-refractivity contribution in [1.82, 2.24) is 15.5 Å². The Morgan fingerprint density at radius 3 is 2.33 bits per heavy atom. The van der Waals surface area contributed by atoms with Crippen molar-refractivity contribution < 1.29 is 9.53 Å². The Morgan fingerprint density at radius 1 is 1.00 bits per heavy atom. The monoisotopic (exact) mass is 369 g/mol. The minimum absolute atomic E-state index is 0.166. The Hall–Kier alpha value is -2.53. The van der Waals surface area contributed by atoms with E-state index in [-0.39, 0.29) is 6.03 Å². The van der Waals surface area contributed by atoms with Gasteiger partial charge in [0.2, 0.25) is 0 Å². The van der Waals surface area contributed by atoms with Gasteiger partial charge in [-0.3, -0.25) is 0 Å². The number of nitrogens with zero attached hydrogens (tertiary/aromatic N) is 1. The van der Waals surface area contributed by atoms with Crippen LogP contribution in [-0.4, -0.2) is 37.6 Å². The van der Waals surface area contributed by atoms with Crippen molar-refractivity contribution in [1.29, 1.82) is 0 Å². The Kier molecular flexibility index (Phi) is 8.14. The molecule has 0 spiro atoms. The molecule has 2 rings (SSSR count). The fourth-order valence-electron chi connectivity index (χ4n) is 2.98. The first kappa shape index (κ1) is 20.8. The van der Waals surface area contributed by atoms with E-state index in [1.54, 1.807) is 0 Å². The predicted molar refractivity (Wildman–Crippen MR) is 110 cm³/mol. The Morgan fingerprint density at radius 2 is 1.67 bits per heavy atom. The highest BCUT2D eigenvalue weighted by molar-refractivity contribution is 5.73. The van der Waals surface area contributed by atoms with Gasteiger partial charge in [0.05, 0.1) is 0 Å². The van der Waals surface area contributed by atoms with Gasteiger partial charge in [0.15, 0.2) is 0 Å². The second-order valence-corrected chi connectivity index (χ2v) is 7.22. The van der Waals surface area contributed by atoms with Crippen LogP contribution in [0, 0.1) is 5.92 Å². The second-order valence-electron chi connectivity index (χ2n) is 7.22. The van der Waals surface area contributed by atoms with Crippen LogP contribution >= 0.6 is 0 Å². The SMILES string of the molecule is CC(C)[C@@H](CNC(=O)NCc1ccccc1OCc1ccccc1)N(C)C. The van der Waals surface area contributed by atoms with Crippen LogP contribution in [0.4, 0.5) is 4.79 Å². The third-order valence-corrected chi connectivity index (χ3v) is 4.55. The number of urea groups is 1. The van der Waals surface area contributed by atoms with E-state index in [2.05, 4.69) is 29.4 Å². The zero-order chi connectivity index (χ0) is 19.6. The molecule has 2 N–H and O–H groups in total. The molecular formula is C22H31N3O2. The average Bonchev–Trinajstić information content (AvgIpc) is 2.65. The number of carbonyl (C=O) groups is 1. The first-order valence-corrected chi connectivity index (χ1v) is 9.40. The maximum Gasteiger partial charge on any atom is 0.315 e. The van der Waals surface area contributed by atoms with Gasteiger partial charge in [0.25, 0.3) is 0 Å². The van der Waals surface area contributed by atoms with E-state index >= 15 is 0 Å². The van der Waals surface area contributed by atoms with Gasteiger partial charge in [-0.2, -0.15) is 0 Å². The van der Waals surface area contributed by atoms with Crippen LogP contribution in [0.5, 0.6) is 5.75 Å². The molecule has 27 heavy (non-hydrogen) atoms. The lowest BCUT2D eigenvalue weighted by Gasteiger charge is -2.28. The van der Waals surface area contributed by atoms with Crippen LogP contribution in [-0.2, 0) is 13.2 Å². The second kappa shape index (κ2) is 10.6. The quantitative estimate of drug-likeness (QED) is 0.709. The molecule has 0 saturated carbocycles. The van der Waals surface area contributed by atoms with E-state index < -0.39 is 0 Å². The predicted octanol–water partition coefficient (Wildman–Crippen LogP) is 3.65. The largest absolute Gasteiger partial charge is 0.489 e. The topological polar surface area (TPSA) is 53.6 Å². The molecule has 0 aliphatic rings. The first-order chi connectivity index (χ1) is 13.0. The molecule has 0 bridgehead atoms. The zero-order valence-corrected chi connectivity index (χ0v) is 16.7. The van der Waals surface area contributed by atoms with E-state index in [9.17, 15) is 4.79 Å². The molecule has 2 aromatic carbocycles. The van der Waals surface area contributed by atoms with Crippen molar-refractivity contribution in [3.63, 3.8) is 0 Å². The number of hydrogen-bond donors (Lipinski definition) is 2. The van der Waals surface area contributed by atoms with Crippen LogP contribution in [0.15, 0.2) is 54.6 Å². The molecular weight excluding hydrogens is 338 g/mol. The van der Waals surface area contributed by atoms with Gasteiger partial charge in [-0.25, -0.2) is 4.79 Å². The third-order valence-electron chi connectivity index (χ3n) is 4.55. The highest BCUT2D eigenvalue weighted by Crippen LogP contribution is 2.19. The van der Waals surface area contributed by atoms with Crippen molar-refractivity contribution in [2.75, 3.05) is 20.6 Å². The van der Waals surface area contributed by atoms with Crippen LogP contribution in [0.25, 0.3) is 0 Å². The number of para-hydroxylation sites is 1. The standard InChI is InChI=1S/C22H31N3O2/c1-17(2)20(25(3)4)15-24-22(26)23-14-19-12-8-9-13-21(19)27-16-18-10-6-5-7-11-18/h5-13,17,20H,14-16H2,1-4H3,(H2,23,24,26)/t20-/m1/s1. The van der Waals surface area contributed by atoms with Crippen molar-refractivity contribution >= 4 is 6.03 Å². The van der Waals surface area contributed by atoms with Gasteiger partial charge in [-0.1, -0.05) is 62.4 Å². The van der Waals surface area contributed by atoms with Gasteiger partial charge in [0.1, 0.15) is 12.4 Å². The molecule has 5 nitrogen and oxygen atoms in total. The smallest absolute Gasteiger partial charge is 0.315 e. The summed E-state index contributed by atoms with van der Waals surface area (Å²) in [6, 6.07) is 18.0. The average molecular weight is 370 g/mol. The first-order valence-electron chi connectivity index (χ1n) is 9.40. The number of hydrogen-bond acceptors (Lipinski definition) is 3. The van der Waals surface area contributed by atoms with Crippen molar-refractivity contribution in [2.24, 2.45) is 5.92 Å². The van der Waals surface area contributed by atoms with Crippen LogP contribution in [0.3, 0.4) is 0 Å². The molecule has 5 heteroatoms. The number of carbonyl (C=O) groups excluding carboxylic acids is 1. The Labute approximate surface area is 162 Å². The van der Waals surface area contributed by atoms with E-state index in [0.717, 1.165) is 16.9 Å². The lowest BCUT2D eigenvalue weighted by Crippen LogP contribution is -2.46. The summed E-state index contributed by atoms with van der Waals surface area (Å²) in [7, 11) is 4.06. The van der Waals surface area contributed by atoms with Gasteiger partial charge in [-0.15, -0.1) is 0 Å². The van der Waals surface area contributed by atoms with Crippen molar-refractivity contribution in [2.45, 2.75) is 33.0 Å². The molecule has 0 saturated heterocycles. The molecule has 2 aromatic rings. The molecule has 0 aliphatic heterocycles. The minimum Gasteiger partial charge on any atom is -0.489 e. The van der Waals surface area contributed by atoms with Crippen molar-refractivity contribution in [3.05, 3.63) is 65.7 Å². The highest BCUT2D eigenvalue weighted by atomic mass is 16.5. The normalized spacial score (nSPS) is 12.1. The van der Waals surface area contributed by atoms with Crippen molar-refractivity contribution in [3.8, 4) is 5.75 Å². The molecule has 0 radical (unpaired) electrons. The molecule has 146 valence electrons.